The fourth-order valence-corrected chi connectivity index (χ4v) is 2.56. The Bertz CT molecular complexity index is 583. The molecule has 0 unspecified atom stereocenters. The average molecular weight is 376 g/mol. The Labute approximate surface area is 120 Å². The number of nitro groups is 1. The molecule has 0 aliphatic rings. The molecule has 0 fully saturated rings. The highest BCUT2D eigenvalue weighted by Gasteiger charge is 2.11. The Morgan fingerprint density at radius 3 is 2.67 bits per heavy atom. The molecular weight excluding hydrogens is 368 g/mol. The van der Waals surface area contributed by atoms with E-state index in [2.05, 4.69) is 37.2 Å². The van der Waals surface area contributed by atoms with Crippen LogP contribution in [0.3, 0.4) is 0 Å². The summed E-state index contributed by atoms with van der Waals surface area (Å²) in [5.74, 6) is 0.262. The molecule has 18 heavy (non-hydrogen) atoms. The van der Waals surface area contributed by atoms with E-state index < -0.39 is 4.92 Å². The summed E-state index contributed by atoms with van der Waals surface area (Å²) in [5, 5.41) is 13.6. The number of nitrogens with zero attached hydrogens (tertiary/aromatic N) is 1. The van der Waals surface area contributed by atoms with Crippen LogP contribution in [0, 0.1) is 10.1 Å². The lowest BCUT2D eigenvalue weighted by atomic mass is 10.3. The lowest BCUT2D eigenvalue weighted by Gasteiger charge is -2.06. The zero-order valence-electron chi connectivity index (χ0n) is 9.02. The van der Waals surface area contributed by atoms with Crippen molar-refractivity contribution in [3.63, 3.8) is 0 Å². The van der Waals surface area contributed by atoms with E-state index in [4.69, 9.17) is 4.42 Å². The van der Waals surface area contributed by atoms with Crippen molar-refractivity contribution in [3.8, 4) is 0 Å². The van der Waals surface area contributed by atoms with Crippen molar-refractivity contribution in [2.45, 2.75) is 6.54 Å². The van der Waals surface area contributed by atoms with E-state index in [1.807, 2.05) is 18.2 Å². The molecule has 0 spiro atoms. The normalized spacial score (nSPS) is 10.3. The summed E-state index contributed by atoms with van der Waals surface area (Å²) >= 11 is 6.78. The van der Waals surface area contributed by atoms with Gasteiger partial charge in [-0.1, -0.05) is 15.9 Å². The van der Waals surface area contributed by atoms with Gasteiger partial charge in [0.05, 0.1) is 12.6 Å². The number of halogens is 2. The third-order valence-corrected chi connectivity index (χ3v) is 3.36. The molecule has 0 atom stereocenters. The minimum Gasteiger partial charge on any atom is -0.404 e. The predicted octanol–water partition coefficient (Wildman–Crippen LogP) is 4.32. The SMILES string of the molecule is O=[N+]([O-])c1ccc(CNc2ccc(Br)cc2Br)o1. The standard InChI is InChI=1S/C11H8Br2N2O3/c12-7-1-3-10(9(13)5-7)14-6-8-2-4-11(18-8)15(16)17/h1-5,14H,6H2. The molecule has 94 valence electrons. The molecular formula is C11H8Br2N2O3. The Morgan fingerprint density at radius 1 is 1.28 bits per heavy atom. The maximum atomic E-state index is 10.5. The Morgan fingerprint density at radius 2 is 2.06 bits per heavy atom. The summed E-state index contributed by atoms with van der Waals surface area (Å²) in [5.41, 5.74) is 0.886. The van der Waals surface area contributed by atoms with Crippen molar-refractivity contribution < 1.29 is 9.34 Å². The third-order valence-electron chi connectivity index (χ3n) is 2.21. The molecule has 0 radical (unpaired) electrons. The molecule has 2 rings (SSSR count). The molecule has 5 nitrogen and oxygen atoms in total. The van der Waals surface area contributed by atoms with Crippen molar-refractivity contribution >= 4 is 43.4 Å². The third kappa shape index (κ3) is 3.11. The van der Waals surface area contributed by atoms with Crippen LogP contribution in [0.25, 0.3) is 0 Å². The zero-order valence-corrected chi connectivity index (χ0v) is 12.2. The van der Waals surface area contributed by atoms with Crippen LogP contribution >= 0.6 is 31.9 Å². The number of benzene rings is 1. The minimum atomic E-state index is -0.557. The van der Waals surface area contributed by atoms with Crippen LogP contribution in [0.1, 0.15) is 5.76 Å². The van der Waals surface area contributed by atoms with Crippen LogP contribution in [0.4, 0.5) is 11.6 Å². The first kappa shape index (κ1) is 13.1. The van der Waals surface area contributed by atoms with Crippen molar-refractivity contribution in [3.05, 3.63) is 55.2 Å². The summed E-state index contributed by atoms with van der Waals surface area (Å²) in [6.45, 7) is 0.383. The van der Waals surface area contributed by atoms with Crippen molar-refractivity contribution in [2.24, 2.45) is 0 Å². The fraction of sp³-hybridized carbons (Fsp3) is 0.0909. The van der Waals surface area contributed by atoms with Gasteiger partial charge in [0, 0.05) is 14.6 Å². The van der Waals surface area contributed by atoms with E-state index in [-0.39, 0.29) is 5.88 Å². The monoisotopic (exact) mass is 374 g/mol. The molecule has 0 saturated heterocycles. The molecule has 1 aromatic heterocycles. The van der Waals surface area contributed by atoms with Gasteiger partial charge in [-0.15, -0.1) is 0 Å². The number of hydrogen-bond donors (Lipinski definition) is 1. The summed E-state index contributed by atoms with van der Waals surface area (Å²) in [4.78, 5) is 9.90. The van der Waals surface area contributed by atoms with Gasteiger partial charge in [0.15, 0.2) is 0 Å². The number of furan rings is 1. The summed E-state index contributed by atoms with van der Waals surface area (Å²) < 4.78 is 6.91. The van der Waals surface area contributed by atoms with Crippen molar-refractivity contribution in [1.29, 1.82) is 0 Å². The van der Waals surface area contributed by atoms with Gasteiger partial charge in [0.1, 0.15) is 10.7 Å². The van der Waals surface area contributed by atoms with Gasteiger partial charge in [-0.2, -0.15) is 0 Å². The number of nitrogens with one attached hydrogen (secondary N) is 1. The highest BCUT2D eigenvalue weighted by Crippen LogP contribution is 2.27. The lowest BCUT2D eigenvalue weighted by Crippen LogP contribution is -1.98. The number of rotatable bonds is 4. The Balaban J connectivity index is 2.04. The molecule has 1 aromatic carbocycles. The predicted molar refractivity (Wildman–Crippen MR) is 74.5 cm³/mol. The quantitative estimate of drug-likeness (QED) is 0.638. The Kier molecular flexibility index (Phi) is 4.03. The largest absolute Gasteiger partial charge is 0.433 e. The van der Waals surface area contributed by atoms with Gasteiger partial charge in [0.25, 0.3) is 0 Å². The van der Waals surface area contributed by atoms with Gasteiger partial charge in [-0.3, -0.25) is 10.1 Å². The first-order valence-corrected chi connectivity index (χ1v) is 6.57. The van der Waals surface area contributed by atoms with E-state index >= 15 is 0 Å². The molecule has 0 amide bonds. The van der Waals surface area contributed by atoms with Crippen LogP contribution < -0.4 is 5.32 Å². The summed E-state index contributed by atoms with van der Waals surface area (Å²) in [6.07, 6.45) is 0. The zero-order chi connectivity index (χ0) is 13.1. The average Bonchev–Trinajstić information content (AvgIpc) is 2.76. The van der Waals surface area contributed by atoms with Crippen molar-refractivity contribution in [1.82, 2.24) is 0 Å². The first-order valence-electron chi connectivity index (χ1n) is 4.98. The molecule has 0 bridgehead atoms. The maximum Gasteiger partial charge on any atom is 0.433 e. The second kappa shape index (κ2) is 5.53. The van der Waals surface area contributed by atoms with Crippen LogP contribution in [0.15, 0.2) is 43.7 Å². The molecule has 0 saturated carbocycles. The second-order valence-electron chi connectivity index (χ2n) is 3.47. The molecule has 7 heteroatoms. The molecule has 2 aromatic rings. The lowest BCUT2D eigenvalue weighted by molar-refractivity contribution is -0.402. The molecule has 0 aliphatic heterocycles. The molecule has 1 heterocycles. The molecule has 1 N–H and O–H groups in total. The van der Waals surface area contributed by atoms with Crippen LogP contribution in [-0.2, 0) is 6.54 Å². The van der Waals surface area contributed by atoms with Gasteiger partial charge in [-0.05, 0) is 40.2 Å². The van der Waals surface area contributed by atoms with Gasteiger partial charge in [0.2, 0.25) is 0 Å². The number of hydrogen-bond acceptors (Lipinski definition) is 4. The van der Waals surface area contributed by atoms with Gasteiger partial charge < -0.3 is 9.73 Å². The van der Waals surface area contributed by atoms with Crippen molar-refractivity contribution in [2.75, 3.05) is 5.32 Å². The van der Waals surface area contributed by atoms with E-state index in [9.17, 15) is 10.1 Å². The highest BCUT2D eigenvalue weighted by atomic mass is 79.9. The molecule has 0 aliphatic carbocycles. The van der Waals surface area contributed by atoms with E-state index in [1.165, 1.54) is 6.07 Å². The minimum absolute atomic E-state index is 0.248. The van der Waals surface area contributed by atoms with Gasteiger partial charge in [-0.25, -0.2) is 0 Å². The Hall–Kier alpha value is -1.34. The van der Waals surface area contributed by atoms with Crippen LogP contribution in [0.5, 0.6) is 0 Å². The van der Waals surface area contributed by atoms with Crippen LogP contribution in [-0.4, -0.2) is 4.92 Å². The number of anilines is 1. The second-order valence-corrected chi connectivity index (χ2v) is 5.24. The van der Waals surface area contributed by atoms with E-state index in [0.717, 1.165) is 14.6 Å². The smallest absolute Gasteiger partial charge is 0.404 e. The maximum absolute atomic E-state index is 10.5. The van der Waals surface area contributed by atoms with E-state index in [0.29, 0.717) is 12.3 Å². The summed E-state index contributed by atoms with van der Waals surface area (Å²) in [7, 11) is 0. The summed E-state index contributed by atoms with van der Waals surface area (Å²) in [6, 6.07) is 8.63. The fourth-order valence-electron chi connectivity index (χ4n) is 1.37. The van der Waals surface area contributed by atoms with Gasteiger partial charge >= 0.3 is 5.88 Å². The first-order chi connectivity index (χ1) is 8.56. The highest BCUT2D eigenvalue weighted by molar-refractivity contribution is 9.11. The topological polar surface area (TPSA) is 68.3 Å². The van der Waals surface area contributed by atoms with E-state index in [1.54, 1.807) is 6.07 Å². The van der Waals surface area contributed by atoms with Crippen LogP contribution in [0.2, 0.25) is 0 Å².